The third-order valence-electron chi connectivity index (χ3n) is 5.83. The van der Waals surface area contributed by atoms with Crippen molar-refractivity contribution in [1.29, 1.82) is 5.26 Å². The minimum Gasteiger partial charge on any atom is -0.355 e. The molecule has 0 radical (unpaired) electrons. The largest absolute Gasteiger partial charge is 0.355 e. The number of fused-ring (bicyclic) bond motifs is 1. The van der Waals surface area contributed by atoms with Gasteiger partial charge in [-0.15, -0.1) is 10.2 Å². The number of anilines is 1. The molecule has 3 heterocycles. The van der Waals surface area contributed by atoms with E-state index < -0.39 is 0 Å². The van der Waals surface area contributed by atoms with Crippen molar-refractivity contribution in [3.63, 3.8) is 0 Å². The number of pyridine rings is 1. The van der Waals surface area contributed by atoms with E-state index in [1.165, 1.54) is 0 Å². The van der Waals surface area contributed by atoms with E-state index in [1.807, 2.05) is 42.5 Å². The maximum Gasteiger partial charge on any atom is 0.151 e. The lowest BCUT2D eigenvalue weighted by Gasteiger charge is -2.49. The predicted molar refractivity (Wildman–Crippen MR) is 120 cm³/mol. The Morgan fingerprint density at radius 3 is 2.37 bits per heavy atom. The molecular formula is C24H28N6. The summed E-state index contributed by atoms with van der Waals surface area (Å²) in [4.78, 5) is 6.71. The zero-order chi connectivity index (χ0) is 21.5. The number of nitrogens with one attached hydrogen (secondary N) is 1. The topological polar surface area (TPSA) is 77.7 Å². The number of rotatable bonds is 3. The van der Waals surface area contributed by atoms with Crippen LogP contribution in [0.5, 0.6) is 0 Å². The Morgan fingerprint density at radius 1 is 1.03 bits per heavy atom. The molecule has 0 atom stereocenters. The maximum atomic E-state index is 9.58. The van der Waals surface area contributed by atoms with Crippen molar-refractivity contribution < 1.29 is 0 Å². The summed E-state index contributed by atoms with van der Waals surface area (Å²) in [5, 5.41) is 23.2. The minimum absolute atomic E-state index is 0.0620. The molecule has 1 aliphatic heterocycles. The Bertz CT molecular complexity index is 1090. The molecule has 6 heteroatoms. The molecule has 0 aliphatic carbocycles. The highest BCUT2D eigenvalue weighted by Crippen LogP contribution is 2.33. The lowest BCUT2D eigenvalue weighted by atomic mass is 9.79. The van der Waals surface area contributed by atoms with E-state index >= 15 is 0 Å². The third kappa shape index (κ3) is 3.99. The average molecular weight is 401 g/mol. The Labute approximate surface area is 178 Å². The molecule has 0 bridgehead atoms. The summed E-state index contributed by atoms with van der Waals surface area (Å²) in [6, 6.07) is 16.2. The van der Waals surface area contributed by atoms with Crippen molar-refractivity contribution in [2.45, 2.75) is 57.7 Å². The third-order valence-corrected chi connectivity index (χ3v) is 5.83. The van der Waals surface area contributed by atoms with Gasteiger partial charge in [0.2, 0.25) is 0 Å². The van der Waals surface area contributed by atoms with Crippen molar-refractivity contribution in [2.75, 3.05) is 11.9 Å². The molecule has 6 nitrogen and oxygen atoms in total. The van der Waals surface area contributed by atoms with Crippen molar-refractivity contribution >= 4 is 16.7 Å². The standard InChI is InChI=1S/C24H28N6/c1-23(2)13-17(14-24(3,4)29-23)30(5)22-11-10-20(27-28-22)18-12-16-8-6-7-9-19(16)26-21(18)15-25/h6-12,17,29H,13-14H2,1-5H3. The van der Waals surface area contributed by atoms with E-state index in [9.17, 15) is 5.26 Å². The molecule has 2 aromatic heterocycles. The van der Waals surface area contributed by atoms with Gasteiger partial charge in [0.25, 0.3) is 0 Å². The van der Waals surface area contributed by atoms with Gasteiger partial charge in [0, 0.05) is 35.1 Å². The first-order valence-electron chi connectivity index (χ1n) is 10.3. The number of piperidine rings is 1. The minimum atomic E-state index is 0.0620. The van der Waals surface area contributed by atoms with Gasteiger partial charge in [-0.2, -0.15) is 5.26 Å². The van der Waals surface area contributed by atoms with Crippen molar-refractivity contribution in [2.24, 2.45) is 0 Å². The average Bonchev–Trinajstić information content (AvgIpc) is 2.70. The summed E-state index contributed by atoms with van der Waals surface area (Å²) in [6.45, 7) is 9.00. The van der Waals surface area contributed by atoms with Crippen molar-refractivity contribution in [3.8, 4) is 17.3 Å². The molecule has 0 unspecified atom stereocenters. The number of hydrogen-bond acceptors (Lipinski definition) is 6. The number of nitrogens with zero attached hydrogens (tertiary/aromatic N) is 5. The SMILES string of the molecule is CN(c1ccc(-c2cc3ccccc3nc2C#N)nn1)C1CC(C)(C)NC(C)(C)C1. The van der Waals surface area contributed by atoms with Crippen LogP contribution in [0.25, 0.3) is 22.2 Å². The van der Waals surface area contributed by atoms with Crippen LogP contribution in [-0.4, -0.2) is 39.3 Å². The fraction of sp³-hybridized carbons (Fsp3) is 0.417. The molecule has 30 heavy (non-hydrogen) atoms. The molecule has 0 saturated carbocycles. The highest BCUT2D eigenvalue weighted by molar-refractivity contribution is 5.85. The summed E-state index contributed by atoms with van der Waals surface area (Å²) < 4.78 is 0. The zero-order valence-corrected chi connectivity index (χ0v) is 18.3. The Kier molecular flexibility index (Phi) is 4.95. The highest BCUT2D eigenvalue weighted by atomic mass is 15.3. The van der Waals surface area contributed by atoms with Gasteiger partial charge in [-0.1, -0.05) is 18.2 Å². The number of nitriles is 1. The second-order valence-corrected chi connectivity index (χ2v) is 9.53. The molecule has 1 fully saturated rings. The Hall–Kier alpha value is -3.04. The number of benzene rings is 1. The van der Waals surface area contributed by atoms with Gasteiger partial charge in [-0.25, -0.2) is 4.98 Å². The van der Waals surface area contributed by atoms with Gasteiger partial charge in [-0.3, -0.25) is 0 Å². The first-order chi connectivity index (χ1) is 14.2. The van der Waals surface area contributed by atoms with Crippen LogP contribution in [0.2, 0.25) is 0 Å². The van der Waals surface area contributed by atoms with Crippen LogP contribution in [0.1, 0.15) is 46.2 Å². The molecule has 3 aromatic rings. The van der Waals surface area contributed by atoms with Gasteiger partial charge >= 0.3 is 0 Å². The second kappa shape index (κ2) is 7.33. The summed E-state index contributed by atoms with van der Waals surface area (Å²) in [5.41, 5.74) is 2.66. The van der Waals surface area contributed by atoms with E-state index in [-0.39, 0.29) is 11.1 Å². The molecule has 1 aliphatic rings. The normalized spacial score (nSPS) is 18.1. The summed E-state index contributed by atoms with van der Waals surface area (Å²) in [6.07, 6.45) is 2.06. The van der Waals surface area contributed by atoms with E-state index in [4.69, 9.17) is 0 Å². The highest BCUT2D eigenvalue weighted by Gasteiger charge is 2.39. The molecule has 0 amide bonds. The lowest BCUT2D eigenvalue weighted by molar-refractivity contribution is 0.160. The van der Waals surface area contributed by atoms with Crippen molar-refractivity contribution in [3.05, 3.63) is 48.2 Å². The summed E-state index contributed by atoms with van der Waals surface area (Å²) in [7, 11) is 2.09. The van der Waals surface area contributed by atoms with E-state index in [0.717, 1.165) is 29.6 Å². The van der Waals surface area contributed by atoms with Gasteiger partial charge in [0.1, 0.15) is 6.07 Å². The number of hydrogen-bond donors (Lipinski definition) is 1. The van der Waals surface area contributed by atoms with Crippen molar-refractivity contribution in [1.82, 2.24) is 20.5 Å². The van der Waals surface area contributed by atoms with Gasteiger partial charge in [0.15, 0.2) is 11.5 Å². The number of aromatic nitrogens is 3. The van der Waals surface area contributed by atoms with Gasteiger partial charge < -0.3 is 10.2 Å². The van der Waals surface area contributed by atoms with E-state index in [0.29, 0.717) is 23.0 Å². The van der Waals surface area contributed by atoms with Crippen LogP contribution in [0.4, 0.5) is 5.82 Å². The van der Waals surface area contributed by atoms with Gasteiger partial charge in [-0.05, 0) is 64.8 Å². The van der Waals surface area contributed by atoms with Crippen LogP contribution >= 0.6 is 0 Å². The molecule has 154 valence electrons. The van der Waals surface area contributed by atoms with Gasteiger partial charge in [0.05, 0.1) is 11.2 Å². The zero-order valence-electron chi connectivity index (χ0n) is 18.3. The van der Waals surface area contributed by atoms with E-state index in [2.05, 4.69) is 66.2 Å². The summed E-state index contributed by atoms with van der Waals surface area (Å²) >= 11 is 0. The lowest BCUT2D eigenvalue weighted by Crippen LogP contribution is -2.62. The predicted octanol–water partition coefficient (Wildman–Crippen LogP) is 4.31. The first-order valence-corrected chi connectivity index (χ1v) is 10.3. The van der Waals surface area contributed by atoms with Crippen LogP contribution in [0, 0.1) is 11.3 Å². The summed E-state index contributed by atoms with van der Waals surface area (Å²) in [5.74, 6) is 0.838. The fourth-order valence-electron chi connectivity index (χ4n) is 4.78. The van der Waals surface area contributed by atoms with Crippen LogP contribution in [0.15, 0.2) is 42.5 Å². The molecular weight excluding hydrogens is 372 g/mol. The smallest absolute Gasteiger partial charge is 0.151 e. The first kappa shape index (κ1) is 20.2. The molecule has 1 N–H and O–H groups in total. The van der Waals surface area contributed by atoms with Crippen LogP contribution < -0.4 is 10.2 Å². The fourth-order valence-corrected chi connectivity index (χ4v) is 4.78. The molecule has 1 saturated heterocycles. The van der Waals surface area contributed by atoms with Crippen LogP contribution in [-0.2, 0) is 0 Å². The monoisotopic (exact) mass is 400 g/mol. The Balaban J connectivity index is 1.63. The number of para-hydroxylation sites is 1. The second-order valence-electron chi connectivity index (χ2n) is 9.53. The van der Waals surface area contributed by atoms with Crippen LogP contribution in [0.3, 0.4) is 0 Å². The molecule has 0 spiro atoms. The Morgan fingerprint density at radius 2 is 1.73 bits per heavy atom. The maximum absolute atomic E-state index is 9.58. The molecule has 1 aromatic carbocycles. The van der Waals surface area contributed by atoms with E-state index in [1.54, 1.807) is 0 Å². The molecule has 4 rings (SSSR count). The quantitative estimate of drug-likeness (QED) is 0.706.